The van der Waals surface area contributed by atoms with Crippen LogP contribution in [0.4, 0.5) is 9.18 Å². The molecule has 3 aromatic rings. The molecule has 2 aliphatic rings. The summed E-state index contributed by atoms with van der Waals surface area (Å²) in [7, 11) is -9.00. The smallest absolute Gasteiger partial charge is 0.413 e. The normalized spacial score (nSPS) is 19.3. The molecular weight excluding hydrogens is 597 g/mol. The van der Waals surface area contributed by atoms with E-state index in [-0.39, 0.29) is 47.0 Å². The molecule has 224 valence electrons. The quantitative estimate of drug-likeness (QED) is 0.230. The summed E-state index contributed by atoms with van der Waals surface area (Å²) in [5.74, 6) is -2.20. The number of carbonyl (C=O) groups excluding carboxylic acids is 1. The summed E-state index contributed by atoms with van der Waals surface area (Å²) in [4.78, 5) is 66.0. The number of benzene rings is 2. The van der Waals surface area contributed by atoms with E-state index in [2.05, 4.69) is 5.32 Å². The maximum absolute atomic E-state index is 15.6. The van der Waals surface area contributed by atoms with Crippen molar-refractivity contribution in [2.45, 2.75) is 43.2 Å². The fourth-order valence-corrected chi connectivity index (χ4v) is 8.42. The number of pyridine rings is 1. The molecule has 0 bridgehead atoms. The van der Waals surface area contributed by atoms with Gasteiger partial charge in [-0.2, -0.15) is 0 Å². The largest absolute Gasteiger partial charge is 0.489 e. The predicted molar refractivity (Wildman–Crippen MR) is 147 cm³/mol. The fraction of sp³-hybridized carbons (Fsp3) is 0.346. The number of aromatic nitrogens is 1. The zero-order valence-electron chi connectivity index (χ0n) is 22.3. The standard InChI is InChI=1S/C26H27FN2O11P2/c1-13-12-39-23-20(18(27)10-16-21(23)29(13)11-17(22(16)30)24(31)32)26(7-8-26)28-25(33)40-15-5-3-14(4-6-15)9-19(41(2,34)35)42(36,37)38/h3-6,10-11,13,19H,7-9,12H2,1-2H3,(H,28,33)(H,31,32)(H,34,35)(H2,36,37,38)/t13-,19?/m1/s1. The number of hydrogen-bond donors (Lipinski definition) is 5. The molecule has 1 amide bonds. The second-order valence-corrected chi connectivity index (χ2v) is 15.4. The lowest BCUT2D eigenvalue weighted by atomic mass is 9.97. The first-order chi connectivity index (χ1) is 19.5. The highest BCUT2D eigenvalue weighted by atomic mass is 31.2. The molecule has 0 radical (unpaired) electrons. The Morgan fingerprint density at radius 2 is 1.86 bits per heavy atom. The Morgan fingerprint density at radius 3 is 2.40 bits per heavy atom. The van der Waals surface area contributed by atoms with E-state index < -0.39 is 54.8 Å². The number of ether oxygens (including phenoxy) is 2. The summed E-state index contributed by atoms with van der Waals surface area (Å²) in [6.45, 7) is 2.70. The van der Waals surface area contributed by atoms with Crippen LogP contribution in [0.5, 0.6) is 11.5 Å². The number of hydrogen-bond acceptors (Lipinski definition) is 7. The van der Waals surface area contributed by atoms with Crippen LogP contribution >= 0.6 is 15.0 Å². The van der Waals surface area contributed by atoms with Gasteiger partial charge in [0, 0.05) is 12.9 Å². The molecule has 0 saturated heterocycles. The van der Waals surface area contributed by atoms with E-state index in [0.29, 0.717) is 18.4 Å². The lowest BCUT2D eigenvalue weighted by molar-refractivity contribution is 0.0694. The van der Waals surface area contributed by atoms with Crippen molar-refractivity contribution >= 4 is 37.9 Å². The van der Waals surface area contributed by atoms with E-state index in [9.17, 15) is 43.3 Å². The van der Waals surface area contributed by atoms with Crippen molar-refractivity contribution in [2.24, 2.45) is 0 Å². The third-order valence-electron chi connectivity index (χ3n) is 7.46. The van der Waals surface area contributed by atoms with Crippen LogP contribution in [0.15, 0.2) is 41.3 Å². The molecule has 42 heavy (non-hydrogen) atoms. The topological polar surface area (TPSA) is 202 Å². The van der Waals surface area contributed by atoms with E-state index in [4.69, 9.17) is 9.47 Å². The number of nitrogens with zero attached hydrogens (tertiary/aromatic N) is 1. The minimum absolute atomic E-state index is 0.0156. The zero-order valence-corrected chi connectivity index (χ0v) is 24.1. The maximum Gasteiger partial charge on any atom is 0.413 e. The Morgan fingerprint density at radius 1 is 1.21 bits per heavy atom. The van der Waals surface area contributed by atoms with Crippen molar-refractivity contribution in [1.82, 2.24) is 9.88 Å². The SMILES string of the molecule is C[C@@H]1COc2c(C3(NC(=O)Oc4ccc(CC(P(C)(=O)O)P(=O)(O)O)cc4)CC3)c(F)cc3c(=O)c(C(=O)O)cn1c23. The lowest BCUT2D eigenvalue weighted by Gasteiger charge is -2.30. The van der Waals surface area contributed by atoms with Gasteiger partial charge in [0.15, 0.2) is 5.75 Å². The molecule has 16 heteroatoms. The monoisotopic (exact) mass is 624 g/mol. The van der Waals surface area contributed by atoms with Crippen molar-refractivity contribution in [3.63, 3.8) is 0 Å². The zero-order chi connectivity index (χ0) is 30.8. The molecule has 0 spiro atoms. The van der Waals surface area contributed by atoms with Crippen LogP contribution < -0.4 is 20.2 Å². The van der Waals surface area contributed by atoms with E-state index in [1.807, 2.05) is 0 Å². The number of amides is 1. The van der Waals surface area contributed by atoms with Gasteiger partial charge in [-0.05, 0) is 49.9 Å². The Balaban J connectivity index is 1.40. The van der Waals surface area contributed by atoms with Gasteiger partial charge in [-0.25, -0.2) is 14.0 Å². The summed E-state index contributed by atoms with van der Waals surface area (Å²) >= 11 is 0. The fourth-order valence-electron chi connectivity index (χ4n) is 5.19. The molecule has 2 aromatic carbocycles. The maximum atomic E-state index is 15.6. The number of halogens is 1. The molecular formula is C26H27FN2O11P2. The number of rotatable bonds is 8. The lowest BCUT2D eigenvalue weighted by Crippen LogP contribution is -2.38. The van der Waals surface area contributed by atoms with Gasteiger partial charge in [-0.1, -0.05) is 12.1 Å². The van der Waals surface area contributed by atoms with Crippen LogP contribution in [-0.2, 0) is 21.1 Å². The third-order valence-corrected chi connectivity index (χ3v) is 11.9. The summed E-state index contributed by atoms with van der Waals surface area (Å²) < 4.78 is 52.0. The summed E-state index contributed by atoms with van der Waals surface area (Å²) in [5.41, 5.74) is -2.00. The molecule has 1 aromatic heterocycles. The first-order valence-electron chi connectivity index (χ1n) is 12.7. The van der Waals surface area contributed by atoms with Crippen LogP contribution in [0.25, 0.3) is 10.9 Å². The van der Waals surface area contributed by atoms with Gasteiger partial charge < -0.3 is 39.1 Å². The number of carboxylic acid groups (broad SMARTS) is 1. The first kappa shape index (κ1) is 29.9. The average Bonchev–Trinajstić information content (AvgIpc) is 3.64. The van der Waals surface area contributed by atoms with Gasteiger partial charge >= 0.3 is 19.7 Å². The Bertz CT molecular complexity index is 1750. The number of carboxylic acids is 1. The van der Waals surface area contributed by atoms with Gasteiger partial charge in [-0.3, -0.25) is 13.9 Å². The minimum atomic E-state index is -4.88. The van der Waals surface area contributed by atoms with Crippen molar-refractivity contribution < 1.29 is 52.4 Å². The average molecular weight is 624 g/mol. The Labute approximate surface area is 237 Å². The van der Waals surface area contributed by atoms with Crippen LogP contribution in [0, 0.1) is 5.82 Å². The predicted octanol–water partition coefficient (Wildman–Crippen LogP) is 3.52. The Hall–Kier alpha value is -3.54. The Kier molecular flexibility index (Phi) is 7.36. The molecule has 5 rings (SSSR count). The molecule has 2 unspecified atom stereocenters. The highest BCUT2D eigenvalue weighted by Gasteiger charge is 2.51. The second kappa shape index (κ2) is 10.3. The molecule has 1 saturated carbocycles. The van der Waals surface area contributed by atoms with Crippen molar-refractivity contribution in [1.29, 1.82) is 0 Å². The molecule has 1 fully saturated rings. The van der Waals surface area contributed by atoms with Crippen LogP contribution in [0.1, 0.15) is 47.3 Å². The van der Waals surface area contributed by atoms with Gasteiger partial charge in [-0.15, -0.1) is 0 Å². The van der Waals surface area contributed by atoms with Crippen molar-refractivity contribution in [3.05, 3.63) is 69.3 Å². The second-order valence-electron chi connectivity index (χ2n) is 10.7. The number of aromatic carboxylic acids is 1. The number of nitrogens with one attached hydrogen (secondary N) is 1. The number of carbonyl (C=O) groups is 2. The minimum Gasteiger partial charge on any atom is -0.489 e. The highest BCUT2D eigenvalue weighted by Crippen LogP contribution is 2.61. The molecule has 13 nitrogen and oxygen atoms in total. The van der Waals surface area contributed by atoms with Gasteiger partial charge in [0.05, 0.1) is 28.0 Å². The van der Waals surface area contributed by atoms with Crippen LogP contribution in [0.2, 0.25) is 0 Å². The molecule has 1 aliphatic heterocycles. The first-order valence-corrected chi connectivity index (χ1v) is 16.6. The third kappa shape index (κ3) is 5.48. The van der Waals surface area contributed by atoms with Crippen molar-refractivity contribution in [3.8, 4) is 11.5 Å². The highest BCUT2D eigenvalue weighted by molar-refractivity contribution is 7.73. The summed E-state index contributed by atoms with van der Waals surface area (Å²) in [6.07, 6.45) is 0.546. The molecule has 1 aliphatic carbocycles. The van der Waals surface area contributed by atoms with E-state index in [1.165, 1.54) is 30.5 Å². The van der Waals surface area contributed by atoms with Gasteiger partial charge in [0.2, 0.25) is 12.8 Å². The molecule has 5 N–H and O–H groups in total. The molecule has 2 heterocycles. The van der Waals surface area contributed by atoms with Crippen LogP contribution in [0.3, 0.4) is 0 Å². The van der Waals surface area contributed by atoms with Crippen LogP contribution in [-0.4, -0.2) is 55.1 Å². The molecule has 3 atom stereocenters. The van der Waals surface area contributed by atoms with E-state index in [1.54, 1.807) is 11.5 Å². The van der Waals surface area contributed by atoms with E-state index >= 15 is 4.39 Å². The van der Waals surface area contributed by atoms with Gasteiger partial charge in [0.1, 0.15) is 29.1 Å². The van der Waals surface area contributed by atoms with E-state index in [0.717, 1.165) is 12.7 Å². The van der Waals surface area contributed by atoms with Gasteiger partial charge in [0.25, 0.3) is 0 Å². The summed E-state index contributed by atoms with van der Waals surface area (Å²) in [6, 6.07) is 6.06. The summed E-state index contributed by atoms with van der Waals surface area (Å²) in [5, 5.41) is 10.2. The van der Waals surface area contributed by atoms with Crippen molar-refractivity contribution in [2.75, 3.05) is 13.3 Å².